The fourth-order valence-corrected chi connectivity index (χ4v) is 3.75. The van der Waals surface area contributed by atoms with Crippen molar-refractivity contribution in [2.75, 3.05) is 0 Å². The van der Waals surface area contributed by atoms with Gasteiger partial charge in [-0.05, 0) is 68.7 Å². The molecular formula is C26H25Cl2N3O2. The summed E-state index contributed by atoms with van der Waals surface area (Å²) in [7, 11) is 0. The molecule has 1 aromatic heterocycles. The number of halogens is 2. The maximum absolute atomic E-state index is 13.1. The van der Waals surface area contributed by atoms with Gasteiger partial charge in [0.15, 0.2) is 5.60 Å². The average Bonchev–Trinajstić information content (AvgIpc) is 2.80. The Morgan fingerprint density at radius 1 is 1.12 bits per heavy atom. The van der Waals surface area contributed by atoms with Gasteiger partial charge in [-0.15, -0.1) is 0 Å². The lowest BCUT2D eigenvalue weighted by atomic mass is 9.85. The van der Waals surface area contributed by atoms with Crippen molar-refractivity contribution in [1.29, 1.82) is 5.26 Å². The second-order valence-corrected chi connectivity index (χ2v) is 9.24. The molecule has 0 bridgehead atoms. The molecule has 0 spiro atoms. The van der Waals surface area contributed by atoms with Crippen molar-refractivity contribution >= 4 is 29.1 Å². The Kier molecular flexibility index (Phi) is 7.97. The number of nitriles is 1. The van der Waals surface area contributed by atoms with Gasteiger partial charge in [0.25, 0.3) is 5.91 Å². The molecule has 2 unspecified atom stereocenters. The van der Waals surface area contributed by atoms with Crippen molar-refractivity contribution in [3.63, 3.8) is 0 Å². The van der Waals surface area contributed by atoms with E-state index in [4.69, 9.17) is 27.9 Å². The fourth-order valence-electron chi connectivity index (χ4n) is 3.51. The van der Waals surface area contributed by atoms with Crippen LogP contribution in [0, 0.1) is 11.3 Å². The van der Waals surface area contributed by atoms with Crippen LogP contribution in [0.1, 0.15) is 43.4 Å². The molecule has 2 aromatic carbocycles. The van der Waals surface area contributed by atoms with E-state index in [-0.39, 0.29) is 17.9 Å². The highest BCUT2D eigenvalue weighted by Crippen LogP contribution is 2.27. The Hall–Kier alpha value is -3.07. The third-order valence-electron chi connectivity index (χ3n) is 5.38. The molecule has 0 fully saturated rings. The molecule has 0 aliphatic rings. The molecule has 2 atom stereocenters. The normalized spacial score (nSPS) is 13.0. The lowest BCUT2D eigenvalue weighted by molar-refractivity contribution is -0.135. The van der Waals surface area contributed by atoms with E-state index in [1.54, 1.807) is 32.0 Å². The number of ether oxygens (including phenoxy) is 1. The second kappa shape index (κ2) is 10.7. The van der Waals surface area contributed by atoms with Crippen LogP contribution < -0.4 is 10.1 Å². The summed E-state index contributed by atoms with van der Waals surface area (Å²) in [5, 5.41) is 13.6. The summed E-state index contributed by atoms with van der Waals surface area (Å²) in [6.07, 6.45) is 2.13. The van der Waals surface area contributed by atoms with Gasteiger partial charge in [0.1, 0.15) is 0 Å². The largest absolute Gasteiger partial charge is 0.462 e. The summed E-state index contributed by atoms with van der Waals surface area (Å²) in [5.74, 6) is -0.0381. The first-order chi connectivity index (χ1) is 15.7. The zero-order valence-electron chi connectivity index (χ0n) is 18.7. The van der Waals surface area contributed by atoms with Crippen LogP contribution in [0.2, 0.25) is 10.0 Å². The quantitative estimate of drug-likeness (QED) is 0.431. The lowest BCUT2D eigenvalue weighted by Crippen LogP contribution is -2.51. The number of pyridine rings is 1. The molecule has 0 saturated carbocycles. The van der Waals surface area contributed by atoms with Crippen molar-refractivity contribution in [3.8, 4) is 11.9 Å². The number of aromatic nitrogens is 1. The molecule has 33 heavy (non-hydrogen) atoms. The summed E-state index contributed by atoms with van der Waals surface area (Å²) in [6, 6.07) is 20.3. The minimum absolute atomic E-state index is 0.0760. The Balaban J connectivity index is 1.81. The number of hydrogen-bond donors (Lipinski definition) is 1. The van der Waals surface area contributed by atoms with E-state index in [1.165, 1.54) is 6.20 Å². The van der Waals surface area contributed by atoms with Gasteiger partial charge in [-0.3, -0.25) is 4.79 Å². The molecule has 5 nitrogen and oxygen atoms in total. The predicted molar refractivity (Wildman–Crippen MR) is 131 cm³/mol. The van der Waals surface area contributed by atoms with Crippen molar-refractivity contribution in [2.45, 2.75) is 44.8 Å². The standard InChI is InChI=1S/C26H25Cl2N3O2/c1-17(31-25(32)26(2,3)33-24-12-11-22(28)16-30-24)23(14-18-7-9-21(27)10-8-18)20-6-4-5-19(13-20)15-29/h4-13,16-17,23H,14H2,1-3H3,(H,31,32). The van der Waals surface area contributed by atoms with Crippen molar-refractivity contribution in [1.82, 2.24) is 10.3 Å². The minimum atomic E-state index is -1.16. The number of amides is 1. The predicted octanol–water partition coefficient (Wildman–Crippen LogP) is 5.95. The van der Waals surface area contributed by atoms with E-state index in [2.05, 4.69) is 16.4 Å². The van der Waals surface area contributed by atoms with Crippen LogP contribution in [0.25, 0.3) is 0 Å². The summed E-state index contributed by atoms with van der Waals surface area (Å²) >= 11 is 11.9. The monoisotopic (exact) mass is 481 g/mol. The van der Waals surface area contributed by atoms with Gasteiger partial charge in [-0.25, -0.2) is 4.98 Å². The zero-order chi connectivity index (χ0) is 24.0. The Morgan fingerprint density at radius 2 is 1.82 bits per heavy atom. The third kappa shape index (κ3) is 6.71. The minimum Gasteiger partial charge on any atom is -0.462 e. The molecule has 170 valence electrons. The molecule has 0 aliphatic carbocycles. The van der Waals surface area contributed by atoms with E-state index in [9.17, 15) is 10.1 Å². The first kappa shape index (κ1) is 24.6. The molecule has 0 aliphatic heterocycles. The van der Waals surface area contributed by atoms with E-state index in [0.717, 1.165) is 11.1 Å². The summed E-state index contributed by atoms with van der Waals surface area (Å²) in [5.41, 5.74) is 1.46. The summed E-state index contributed by atoms with van der Waals surface area (Å²) in [4.78, 5) is 17.3. The number of benzene rings is 2. The maximum Gasteiger partial charge on any atom is 0.263 e. The number of nitrogens with one attached hydrogen (secondary N) is 1. The van der Waals surface area contributed by atoms with E-state index in [0.29, 0.717) is 27.9 Å². The highest BCUT2D eigenvalue weighted by molar-refractivity contribution is 6.30. The van der Waals surface area contributed by atoms with Crippen molar-refractivity contribution < 1.29 is 9.53 Å². The van der Waals surface area contributed by atoms with Gasteiger partial charge in [0.05, 0.1) is 16.7 Å². The number of rotatable bonds is 8. The molecule has 1 N–H and O–H groups in total. The topological polar surface area (TPSA) is 75.0 Å². The van der Waals surface area contributed by atoms with Gasteiger partial charge >= 0.3 is 0 Å². The fraction of sp³-hybridized carbons (Fsp3) is 0.269. The summed E-state index contributed by atoms with van der Waals surface area (Å²) in [6.45, 7) is 5.33. The van der Waals surface area contributed by atoms with E-state index < -0.39 is 5.60 Å². The van der Waals surface area contributed by atoms with Gasteiger partial charge in [0.2, 0.25) is 5.88 Å². The zero-order valence-corrected chi connectivity index (χ0v) is 20.2. The van der Waals surface area contributed by atoms with Crippen LogP contribution in [0.4, 0.5) is 0 Å². The molecular weight excluding hydrogens is 457 g/mol. The third-order valence-corrected chi connectivity index (χ3v) is 5.86. The first-order valence-electron chi connectivity index (χ1n) is 10.5. The maximum atomic E-state index is 13.1. The van der Waals surface area contributed by atoms with Gasteiger partial charge < -0.3 is 10.1 Å². The molecule has 1 heterocycles. The first-order valence-corrected chi connectivity index (χ1v) is 11.3. The number of carbonyl (C=O) groups excluding carboxylic acids is 1. The highest BCUT2D eigenvalue weighted by Gasteiger charge is 2.33. The number of hydrogen-bond acceptors (Lipinski definition) is 4. The van der Waals surface area contributed by atoms with Gasteiger partial charge in [-0.1, -0.05) is 47.5 Å². The smallest absolute Gasteiger partial charge is 0.263 e. The van der Waals surface area contributed by atoms with Crippen molar-refractivity contribution in [2.24, 2.45) is 0 Å². The van der Waals surface area contributed by atoms with Crippen molar-refractivity contribution in [3.05, 3.63) is 93.6 Å². The highest BCUT2D eigenvalue weighted by atomic mass is 35.5. The van der Waals surface area contributed by atoms with Crippen LogP contribution in [0.5, 0.6) is 5.88 Å². The Bertz CT molecular complexity index is 1140. The average molecular weight is 482 g/mol. The Labute approximate surface area is 204 Å². The van der Waals surface area contributed by atoms with E-state index >= 15 is 0 Å². The SMILES string of the molecule is CC(NC(=O)C(C)(C)Oc1ccc(Cl)cn1)C(Cc1ccc(Cl)cc1)c1cccc(C#N)c1. The molecule has 3 aromatic rings. The number of nitrogens with zero attached hydrogens (tertiary/aromatic N) is 2. The van der Waals surface area contributed by atoms with Crippen LogP contribution >= 0.6 is 23.2 Å². The van der Waals surface area contributed by atoms with Crippen LogP contribution in [-0.2, 0) is 11.2 Å². The van der Waals surface area contributed by atoms with Gasteiger partial charge in [0, 0.05) is 29.2 Å². The molecule has 0 saturated heterocycles. The lowest BCUT2D eigenvalue weighted by Gasteiger charge is -2.30. The number of carbonyl (C=O) groups is 1. The van der Waals surface area contributed by atoms with Gasteiger partial charge in [-0.2, -0.15) is 5.26 Å². The molecule has 1 amide bonds. The molecule has 0 radical (unpaired) electrons. The van der Waals surface area contributed by atoms with Crippen LogP contribution in [-0.4, -0.2) is 22.5 Å². The molecule has 7 heteroatoms. The van der Waals surface area contributed by atoms with Crippen LogP contribution in [0.3, 0.4) is 0 Å². The van der Waals surface area contributed by atoms with E-state index in [1.807, 2.05) is 49.4 Å². The van der Waals surface area contributed by atoms with Crippen LogP contribution in [0.15, 0.2) is 66.9 Å². The second-order valence-electron chi connectivity index (χ2n) is 8.36. The molecule has 3 rings (SSSR count). The Morgan fingerprint density at radius 3 is 2.45 bits per heavy atom. The summed E-state index contributed by atoms with van der Waals surface area (Å²) < 4.78 is 5.83.